The van der Waals surface area contributed by atoms with Crippen molar-refractivity contribution in [2.45, 2.75) is 12.8 Å². The molecule has 0 bridgehead atoms. The van der Waals surface area contributed by atoms with E-state index in [1.807, 2.05) is 0 Å². The number of benzene rings is 1. The number of aromatic nitrogens is 1. The van der Waals surface area contributed by atoms with E-state index in [2.05, 4.69) is 9.68 Å². The van der Waals surface area contributed by atoms with Crippen molar-refractivity contribution in [1.82, 2.24) is 5.16 Å². The van der Waals surface area contributed by atoms with Crippen molar-refractivity contribution in [1.29, 1.82) is 0 Å². The number of hydrogen-bond donors (Lipinski definition) is 1. The molecule has 18 heavy (non-hydrogen) atoms. The smallest absolute Gasteiger partial charge is 0.374 e. The van der Waals surface area contributed by atoms with Crippen LogP contribution in [0.1, 0.15) is 16.1 Å². The van der Waals surface area contributed by atoms with Crippen LogP contribution in [-0.4, -0.2) is 22.7 Å². The molecule has 4 nitrogen and oxygen atoms in total. The lowest BCUT2D eigenvalue weighted by Crippen LogP contribution is -1.96. The number of halogens is 2. The molecule has 0 amide bonds. The third-order valence-corrected chi connectivity index (χ3v) is 2.33. The fourth-order valence-corrected chi connectivity index (χ4v) is 1.55. The van der Waals surface area contributed by atoms with Crippen LogP contribution in [-0.2, 0) is 6.42 Å². The lowest BCUT2D eigenvalue weighted by Gasteiger charge is -2.02. The second-order valence-corrected chi connectivity index (χ2v) is 3.68. The minimum absolute atomic E-state index is 0.288. The van der Waals surface area contributed by atoms with Crippen molar-refractivity contribution < 1.29 is 23.2 Å². The molecule has 0 fully saturated rings. The molecular formula is C12H9F2NO3. The highest BCUT2D eigenvalue weighted by Gasteiger charge is 2.13. The Balaban J connectivity index is 2.29. The first-order chi connectivity index (χ1) is 8.56. The summed E-state index contributed by atoms with van der Waals surface area (Å²) < 4.78 is 29.1. The van der Waals surface area contributed by atoms with Crippen molar-refractivity contribution in [3.63, 3.8) is 0 Å². The first-order valence-corrected chi connectivity index (χ1v) is 5.13. The number of rotatable bonds is 4. The van der Waals surface area contributed by atoms with Crippen molar-refractivity contribution in [3.8, 4) is 11.3 Å². The van der Waals surface area contributed by atoms with E-state index in [4.69, 9.17) is 5.11 Å². The molecular weight excluding hydrogens is 244 g/mol. The number of nitrogens with zero attached hydrogens (tertiary/aromatic N) is 1. The predicted molar refractivity (Wildman–Crippen MR) is 58.6 cm³/mol. The lowest BCUT2D eigenvalue weighted by atomic mass is 10.1. The molecule has 1 N–H and O–H groups in total. The monoisotopic (exact) mass is 253 g/mol. The van der Waals surface area contributed by atoms with Crippen LogP contribution in [0.15, 0.2) is 34.9 Å². The summed E-state index contributed by atoms with van der Waals surface area (Å²) in [5, 5.41) is 12.3. The quantitative estimate of drug-likeness (QED) is 0.909. The minimum Gasteiger partial charge on any atom is -0.475 e. The molecule has 0 saturated carbocycles. The summed E-state index contributed by atoms with van der Waals surface area (Å²) in [7, 11) is 0. The van der Waals surface area contributed by atoms with Crippen LogP contribution in [0.5, 0.6) is 0 Å². The highest BCUT2D eigenvalue weighted by atomic mass is 19.3. The van der Waals surface area contributed by atoms with Crippen LogP contribution in [0.2, 0.25) is 0 Å². The Morgan fingerprint density at radius 3 is 2.78 bits per heavy atom. The Labute approximate surface area is 101 Å². The fourth-order valence-electron chi connectivity index (χ4n) is 1.55. The molecule has 1 heterocycles. The number of carboxylic acids is 1. The average Bonchev–Trinajstić information content (AvgIpc) is 2.77. The Bertz CT molecular complexity index is 566. The molecule has 0 aliphatic heterocycles. The summed E-state index contributed by atoms with van der Waals surface area (Å²) in [5.41, 5.74) is 1.32. The molecule has 1 aromatic heterocycles. The van der Waals surface area contributed by atoms with Crippen molar-refractivity contribution in [2.24, 2.45) is 0 Å². The largest absolute Gasteiger partial charge is 0.475 e. The van der Waals surface area contributed by atoms with Crippen LogP contribution in [0.3, 0.4) is 0 Å². The maximum atomic E-state index is 12.3. The number of alkyl halides is 2. The van der Waals surface area contributed by atoms with E-state index < -0.39 is 12.4 Å². The van der Waals surface area contributed by atoms with E-state index in [1.165, 1.54) is 12.1 Å². The van der Waals surface area contributed by atoms with Crippen LogP contribution in [0.4, 0.5) is 8.78 Å². The summed E-state index contributed by atoms with van der Waals surface area (Å²) in [6, 6.07) is 7.63. The summed E-state index contributed by atoms with van der Waals surface area (Å²) in [4.78, 5) is 10.6. The second kappa shape index (κ2) is 4.95. The summed E-state index contributed by atoms with van der Waals surface area (Å²) in [5.74, 6) is -1.51. The molecule has 6 heteroatoms. The van der Waals surface area contributed by atoms with Crippen molar-refractivity contribution >= 4 is 5.97 Å². The van der Waals surface area contributed by atoms with E-state index in [1.54, 1.807) is 18.2 Å². The highest BCUT2D eigenvalue weighted by molar-refractivity contribution is 5.85. The number of carbonyl (C=O) groups is 1. The fraction of sp³-hybridized carbons (Fsp3) is 0.167. The van der Waals surface area contributed by atoms with Gasteiger partial charge in [-0.1, -0.05) is 23.4 Å². The topological polar surface area (TPSA) is 63.3 Å². The number of hydrogen-bond acceptors (Lipinski definition) is 3. The standard InChI is InChI=1S/C12H9F2NO3/c13-11(14)5-7-2-1-3-8(4-7)9-6-10(12(16)17)18-15-9/h1-4,6,11H,5H2,(H,16,17). The van der Waals surface area contributed by atoms with Gasteiger partial charge < -0.3 is 9.63 Å². The van der Waals surface area contributed by atoms with Gasteiger partial charge in [0, 0.05) is 18.1 Å². The first-order valence-electron chi connectivity index (χ1n) is 5.13. The summed E-state index contributed by atoms with van der Waals surface area (Å²) >= 11 is 0. The van der Waals surface area contributed by atoms with Gasteiger partial charge >= 0.3 is 5.97 Å². The first kappa shape index (κ1) is 12.2. The molecule has 2 rings (SSSR count). The van der Waals surface area contributed by atoms with Gasteiger partial charge in [0.05, 0.1) is 0 Å². The molecule has 0 aliphatic rings. The molecule has 0 unspecified atom stereocenters. The number of carboxylic acid groups (broad SMARTS) is 1. The van der Waals surface area contributed by atoms with E-state index in [0.717, 1.165) is 0 Å². The molecule has 2 aromatic rings. The van der Waals surface area contributed by atoms with Gasteiger partial charge in [-0.3, -0.25) is 0 Å². The van der Waals surface area contributed by atoms with Crippen molar-refractivity contribution in [2.75, 3.05) is 0 Å². The molecule has 94 valence electrons. The Kier molecular flexibility index (Phi) is 3.36. The van der Waals surface area contributed by atoms with Crippen LogP contribution < -0.4 is 0 Å². The van der Waals surface area contributed by atoms with Gasteiger partial charge in [-0.25, -0.2) is 13.6 Å². The molecule has 0 aliphatic carbocycles. The van der Waals surface area contributed by atoms with Crippen molar-refractivity contribution in [3.05, 3.63) is 41.7 Å². The molecule has 0 atom stereocenters. The van der Waals surface area contributed by atoms with Gasteiger partial charge in [0.25, 0.3) is 0 Å². The van der Waals surface area contributed by atoms with Gasteiger partial charge in [-0.05, 0) is 11.6 Å². The zero-order chi connectivity index (χ0) is 13.1. The molecule has 0 spiro atoms. The normalized spacial score (nSPS) is 10.8. The Hall–Kier alpha value is -2.24. The van der Waals surface area contributed by atoms with Crippen LogP contribution in [0.25, 0.3) is 11.3 Å². The maximum Gasteiger partial charge on any atom is 0.374 e. The second-order valence-electron chi connectivity index (χ2n) is 3.68. The summed E-state index contributed by atoms with van der Waals surface area (Å²) in [6.07, 6.45) is -2.77. The van der Waals surface area contributed by atoms with Gasteiger partial charge in [0.15, 0.2) is 0 Å². The summed E-state index contributed by atoms with van der Waals surface area (Å²) in [6.45, 7) is 0. The molecule has 1 aromatic carbocycles. The molecule has 0 radical (unpaired) electrons. The van der Waals surface area contributed by atoms with E-state index in [-0.39, 0.29) is 12.2 Å². The zero-order valence-electron chi connectivity index (χ0n) is 9.14. The lowest BCUT2D eigenvalue weighted by molar-refractivity contribution is 0.0652. The van der Waals surface area contributed by atoms with E-state index in [9.17, 15) is 13.6 Å². The van der Waals surface area contributed by atoms with Gasteiger partial charge in [0.1, 0.15) is 5.69 Å². The van der Waals surface area contributed by atoms with E-state index in [0.29, 0.717) is 16.8 Å². The highest BCUT2D eigenvalue weighted by Crippen LogP contribution is 2.21. The molecule has 0 saturated heterocycles. The Morgan fingerprint density at radius 2 is 2.17 bits per heavy atom. The third-order valence-electron chi connectivity index (χ3n) is 2.33. The number of aromatic carboxylic acids is 1. The van der Waals surface area contributed by atoms with Gasteiger partial charge in [0.2, 0.25) is 12.2 Å². The van der Waals surface area contributed by atoms with E-state index >= 15 is 0 Å². The Morgan fingerprint density at radius 1 is 1.39 bits per heavy atom. The predicted octanol–water partition coefficient (Wildman–Crippen LogP) is 2.85. The maximum absolute atomic E-state index is 12.3. The van der Waals surface area contributed by atoms with Crippen LogP contribution >= 0.6 is 0 Å². The third kappa shape index (κ3) is 2.71. The zero-order valence-corrected chi connectivity index (χ0v) is 9.14. The minimum atomic E-state index is -2.42. The van der Waals surface area contributed by atoms with Crippen LogP contribution in [0, 0.1) is 0 Å². The van der Waals surface area contributed by atoms with Gasteiger partial charge in [-0.2, -0.15) is 0 Å². The SMILES string of the molecule is O=C(O)c1cc(-c2cccc(CC(F)F)c2)no1. The average molecular weight is 253 g/mol. The van der Waals surface area contributed by atoms with Gasteiger partial charge in [-0.15, -0.1) is 0 Å².